The highest BCUT2D eigenvalue weighted by molar-refractivity contribution is 4.96. The summed E-state index contributed by atoms with van der Waals surface area (Å²) in [6.07, 6.45) is 9.02. The summed E-state index contributed by atoms with van der Waals surface area (Å²) in [7, 11) is 0. The van der Waals surface area contributed by atoms with Crippen LogP contribution in [0, 0.1) is 0 Å². The molecule has 0 bridgehead atoms. The molecule has 3 rings (SSSR count). The van der Waals surface area contributed by atoms with Gasteiger partial charge in [-0.3, -0.25) is 4.90 Å². The van der Waals surface area contributed by atoms with Crippen molar-refractivity contribution in [3.05, 3.63) is 24.3 Å². The molecule has 0 spiro atoms. The lowest BCUT2D eigenvalue weighted by molar-refractivity contribution is 0.180. The predicted molar refractivity (Wildman–Crippen MR) is 66.5 cm³/mol. The molecule has 0 saturated carbocycles. The van der Waals surface area contributed by atoms with Crippen LogP contribution in [0.25, 0.3) is 0 Å². The number of hydrogen-bond acceptors (Lipinski definition) is 4. The van der Waals surface area contributed by atoms with E-state index in [0.29, 0.717) is 6.04 Å². The number of aromatic nitrogens is 2. The van der Waals surface area contributed by atoms with Gasteiger partial charge in [-0.05, 0) is 31.9 Å². The maximum absolute atomic E-state index is 4.26. The van der Waals surface area contributed by atoms with E-state index in [1.807, 2.05) is 18.5 Å². The van der Waals surface area contributed by atoms with Crippen LogP contribution in [0.2, 0.25) is 0 Å². The van der Waals surface area contributed by atoms with Gasteiger partial charge in [0.1, 0.15) is 5.82 Å². The van der Waals surface area contributed by atoms with Crippen molar-refractivity contribution in [3.63, 3.8) is 0 Å². The van der Waals surface area contributed by atoms with E-state index in [1.54, 1.807) is 0 Å². The van der Waals surface area contributed by atoms with E-state index in [-0.39, 0.29) is 0 Å². The Hall–Kier alpha value is -1.00. The maximum Gasteiger partial charge on any atom is 0.141 e. The second-order valence-electron chi connectivity index (χ2n) is 5.04. The van der Waals surface area contributed by atoms with Crippen molar-refractivity contribution in [1.29, 1.82) is 0 Å². The van der Waals surface area contributed by atoms with E-state index in [9.17, 15) is 0 Å². The van der Waals surface area contributed by atoms with E-state index >= 15 is 0 Å². The van der Waals surface area contributed by atoms with Crippen LogP contribution >= 0.6 is 0 Å². The molecule has 1 aromatic rings. The topological polar surface area (TPSA) is 41.1 Å². The third-order valence-corrected chi connectivity index (χ3v) is 4.00. The highest BCUT2D eigenvalue weighted by atomic mass is 15.2. The molecule has 92 valence electrons. The maximum atomic E-state index is 4.26. The van der Waals surface area contributed by atoms with Crippen LogP contribution in [0.4, 0.5) is 0 Å². The number of nitrogens with zero attached hydrogens (tertiary/aromatic N) is 3. The Kier molecular flexibility index (Phi) is 3.34. The number of hydrogen-bond donors (Lipinski definition) is 1. The van der Waals surface area contributed by atoms with Crippen molar-refractivity contribution in [1.82, 2.24) is 20.2 Å². The fraction of sp³-hybridized carbons (Fsp3) is 0.692. The van der Waals surface area contributed by atoms with Gasteiger partial charge in [0.05, 0.1) is 6.54 Å². The Morgan fingerprint density at radius 3 is 2.94 bits per heavy atom. The Morgan fingerprint density at radius 2 is 2.06 bits per heavy atom. The van der Waals surface area contributed by atoms with Crippen molar-refractivity contribution in [2.45, 2.75) is 44.3 Å². The van der Waals surface area contributed by atoms with Gasteiger partial charge in [0.2, 0.25) is 0 Å². The summed E-state index contributed by atoms with van der Waals surface area (Å²) in [5.74, 6) is 0.904. The minimum atomic E-state index is 0.638. The van der Waals surface area contributed by atoms with Gasteiger partial charge in [0.15, 0.2) is 0 Å². The fourth-order valence-electron chi connectivity index (χ4n) is 3.13. The molecule has 2 unspecified atom stereocenters. The van der Waals surface area contributed by atoms with Crippen molar-refractivity contribution < 1.29 is 0 Å². The van der Waals surface area contributed by atoms with E-state index in [1.165, 1.54) is 38.8 Å². The smallest absolute Gasteiger partial charge is 0.141 e. The Labute approximate surface area is 102 Å². The first-order valence-corrected chi connectivity index (χ1v) is 6.67. The molecule has 0 radical (unpaired) electrons. The van der Waals surface area contributed by atoms with E-state index in [4.69, 9.17) is 0 Å². The number of fused-ring (bicyclic) bond motifs is 1. The first-order chi connectivity index (χ1) is 8.43. The van der Waals surface area contributed by atoms with Crippen molar-refractivity contribution in [2.24, 2.45) is 0 Å². The molecule has 0 aliphatic carbocycles. The van der Waals surface area contributed by atoms with E-state index in [0.717, 1.165) is 18.4 Å². The zero-order valence-electron chi connectivity index (χ0n) is 10.2. The summed E-state index contributed by atoms with van der Waals surface area (Å²) >= 11 is 0. The molecule has 1 aromatic heterocycles. The second kappa shape index (κ2) is 5.10. The molecule has 2 saturated heterocycles. The number of piperidine rings is 1. The quantitative estimate of drug-likeness (QED) is 0.850. The van der Waals surface area contributed by atoms with Gasteiger partial charge >= 0.3 is 0 Å². The van der Waals surface area contributed by atoms with Gasteiger partial charge in [-0.25, -0.2) is 9.97 Å². The summed E-state index contributed by atoms with van der Waals surface area (Å²) in [5, 5.41) is 3.63. The van der Waals surface area contributed by atoms with Crippen LogP contribution in [-0.4, -0.2) is 40.0 Å². The largest absolute Gasteiger partial charge is 0.305 e. The van der Waals surface area contributed by atoms with Crippen LogP contribution in [-0.2, 0) is 6.54 Å². The molecule has 0 aromatic carbocycles. The average molecular weight is 232 g/mol. The SMILES string of the molecule is c1cnc(CNC2CCN3CCCCC23)nc1. The normalized spacial score (nSPS) is 29.2. The molecular formula is C13H20N4. The highest BCUT2D eigenvalue weighted by Gasteiger charge is 2.34. The van der Waals surface area contributed by atoms with E-state index < -0.39 is 0 Å². The molecule has 0 amide bonds. The third-order valence-electron chi connectivity index (χ3n) is 4.00. The van der Waals surface area contributed by atoms with Crippen LogP contribution < -0.4 is 5.32 Å². The van der Waals surface area contributed by atoms with Gasteiger partial charge in [-0.1, -0.05) is 6.42 Å². The minimum absolute atomic E-state index is 0.638. The zero-order valence-corrected chi connectivity index (χ0v) is 10.2. The lowest BCUT2D eigenvalue weighted by Gasteiger charge is -2.32. The van der Waals surface area contributed by atoms with Crippen LogP contribution in [0.3, 0.4) is 0 Å². The van der Waals surface area contributed by atoms with Crippen LogP contribution in [0.1, 0.15) is 31.5 Å². The predicted octanol–water partition coefficient (Wildman–Crippen LogP) is 1.19. The highest BCUT2D eigenvalue weighted by Crippen LogP contribution is 2.27. The first kappa shape index (κ1) is 11.1. The average Bonchev–Trinajstić information content (AvgIpc) is 2.81. The monoisotopic (exact) mass is 232 g/mol. The second-order valence-corrected chi connectivity index (χ2v) is 5.04. The van der Waals surface area contributed by atoms with Gasteiger partial charge in [-0.2, -0.15) is 0 Å². The molecule has 2 atom stereocenters. The van der Waals surface area contributed by atoms with Gasteiger partial charge in [0, 0.05) is 31.0 Å². The Bertz CT molecular complexity index is 354. The standard InChI is InChI=1S/C13H20N4/c1-2-8-17-9-5-11(12(17)4-1)16-10-13-14-6-3-7-15-13/h3,6-7,11-12,16H,1-2,4-5,8-10H2. The molecule has 2 aliphatic heterocycles. The zero-order chi connectivity index (χ0) is 11.5. The van der Waals surface area contributed by atoms with Crippen molar-refractivity contribution in [2.75, 3.05) is 13.1 Å². The summed E-state index contributed by atoms with van der Waals surface area (Å²) < 4.78 is 0. The molecule has 2 aliphatic rings. The summed E-state index contributed by atoms with van der Waals surface area (Å²) in [4.78, 5) is 11.2. The minimum Gasteiger partial charge on any atom is -0.305 e. The Morgan fingerprint density at radius 1 is 1.18 bits per heavy atom. The molecule has 2 fully saturated rings. The summed E-state index contributed by atoms with van der Waals surface area (Å²) in [6, 6.07) is 3.26. The van der Waals surface area contributed by atoms with Gasteiger partial charge < -0.3 is 5.32 Å². The molecule has 3 heterocycles. The summed E-state index contributed by atoms with van der Waals surface area (Å²) in [6.45, 7) is 3.36. The number of nitrogens with one attached hydrogen (secondary N) is 1. The van der Waals surface area contributed by atoms with Crippen molar-refractivity contribution >= 4 is 0 Å². The van der Waals surface area contributed by atoms with Gasteiger partial charge in [-0.15, -0.1) is 0 Å². The van der Waals surface area contributed by atoms with Gasteiger partial charge in [0.25, 0.3) is 0 Å². The molecular weight excluding hydrogens is 212 g/mol. The molecule has 17 heavy (non-hydrogen) atoms. The third kappa shape index (κ3) is 2.48. The van der Waals surface area contributed by atoms with Crippen LogP contribution in [0.15, 0.2) is 18.5 Å². The van der Waals surface area contributed by atoms with E-state index in [2.05, 4.69) is 20.2 Å². The lowest BCUT2D eigenvalue weighted by Crippen LogP contribution is -2.44. The Balaban J connectivity index is 1.55. The fourth-order valence-corrected chi connectivity index (χ4v) is 3.13. The summed E-state index contributed by atoms with van der Waals surface area (Å²) in [5.41, 5.74) is 0. The number of rotatable bonds is 3. The first-order valence-electron chi connectivity index (χ1n) is 6.67. The lowest BCUT2D eigenvalue weighted by atomic mass is 9.99. The van der Waals surface area contributed by atoms with Crippen LogP contribution in [0.5, 0.6) is 0 Å². The molecule has 4 nitrogen and oxygen atoms in total. The van der Waals surface area contributed by atoms with Crippen molar-refractivity contribution in [3.8, 4) is 0 Å². The molecule has 1 N–H and O–H groups in total. The molecule has 4 heteroatoms.